The molecule has 9 nitrogen and oxygen atoms in total. The summed E-state index contributed by atoms with van der Waals surface area (Å²) in [4.78, 5) is 26.7. The third-order valence-corrected chi connectivity index (χ3v) is 5.70. The molecule has 6 rings (SSSR count). The molecule has 0 saturated heterocycles. The average Bonchev–Trinajstić information content (AvgIpc) is 3.17. The first-order valence-corrected chi connectivity index (χ1v) is 23.6. The normalized spacial score (nSPS) is 13.1. The minimum Gasteiger partial charge on any atom is -0.255 e. The molecule has 0 spiro atoms. The Labute approximate surface area is 392 Å². The second kappa shape index (κ2) is 24.0. The van der Waals surface area contributed by atoms with E-state index in [0.29, 0.717) is 0 Å². The fourth-order valence-electron chi connectivity index (χ4n) is 3.71. The van der Waals surface area contributed by atoms with Crippen molar-refractivity contribution in [1.29, 1.82) is 15.8 Å². The maximum atomic E-state index is 9.87. The number of halogens is 18. The molecule has 0 amide bonds. The first kappa shape index (κ1) is 67.2. The van der Waals surface area contributed by atoms with Crippen molar-refractivity contribution in [3.05, 3.63) is 133 Å². The summed E-state index contributed by atoms with van der Waals surface area (Å²) in [6.07, 6.45) is 7.25. The topological polar surface area (TPSA) is 149 Å². The Morgan fingerprint density at radius 3 is 0.710 bits per heavy atom. The maximum absolute atomic E-state index is 10.7. The van der Waals surface area contributed by atoms with E-state index in [1.165, 1.54) is 20.8 Å². The van der Waals surface area contributed by atoms with Gasteiger partial charge in [0, 0.05) is 45.6 Å². The monoisotopic (exact) mass is 1100 g/mol. The van der Waals surface area contributed by atoms with Gasteiger partial charge in [0.2, 0.25) is 0 Å². The molecule has 0 atom stereocenters. The summed E-state index contributed by atoms with van der Waals surface area (Å²) in [6.45, 7) is 8.34. The van der Waals surface area contributed by atoms with Crippen LogP contribution in [0.4, 0.5) is 75.5 Å². The van der Waals surface area contributed by atoms with Gasteiger partial charge < -0.3 is 0 Å². The summed E-state index contributed by atoms with van der Waals surface area (Å²) < 4.78 is 178. The number of nitrogens with zero attached hydrogens (tertiary/aromatic N) is 9. The van der Waals surface area contributed by atoms with Crippen molar-refractivity contribution in [1.82, 2.24) is 29.9 Å². The van der Waals surface area contributed by atoms with E-state index >= 15 is 0 Å². The maximum Gasteiger partial charge on any atom is 3.00 e. The molecule has 69 heavy (non-hydrogen) atoms. The summed E-state index contributed by atoms with van der Waals surface area (Å²) in [6, 6.07) is 36.7. The zero-order valence-corrected chi connectivity index (χ0v) is 39.6. The van der Waals surface area contributed by atoms with Crippen LogP contribution >= 0.6 is 23.4 Å². The number of hydrogen-bond donors (Lipinski definition) is 0. The molecule has 0 bridgehead atoms. The van der Waals surface area contributed by atoms with Crippen molar-refractivity contribution in [2.24, 2.45) is 0 Å². The van der Waals surface area contributed by atoms with Crippen molar-refractivity contribution in [2.45, 2.75) is 34.6 Å². The Kier molecular flexibility index (Phi) is 23.4. The molecule has 0 unspecified atom stereocenters. The standard InChI is InChI=1S/C17H15N3.C15H11N3.3C2H3N.Cr.3F6P/c1-12-6-8-14(18-10-12)16-4-3-5-17(20-16)15-9-7-13(2)11-19-15;1-3-10-16-12(6-1)14-8-5-9-15(18-14)13-7-2-4-11-17-13;3*1-2-3;;3*1-7(2,3,4,5)6/h3-11H,1-2H3;1-11H;3*1H3;;;;/q;;;;;+3;3*-1. The first-order valence-electron chi connectivity index (χ1n) is 17.5. The predicted octanol–water partition coefficient (Wildman–Crippen LogP) is 18.8. The van der Waals surface area contributed by atoms with Gasteiger partial charge in [0.1, 0.15) is 0 Å². The first-order chi connectivity index (χ1) is 30.2. The number of rotatable bonds is 4. The average molecular weight is 1100 g/mol. The van der Waals surface area contributed by atoms with E-state index in [0.717, 1.165) is 56.7 Å². The SMILES string of the molecule is CC#N.CC#N.CC#N.Cc1ccc(-c2cccc(-c3ccc(C)cn3)n2)nc1.F[P-](F)(F)(F)(F)F.F[P-](F)(F)(F)(F)F.F[P-](F)(F)(F)(F)F.[Cr+3].c1ccc(-c2cccc(-c3ccccn3)n2)nc1. The zero-order chi connectivity index (χ0) is 53.5. The number of pyridine rings is 6. The van der Waals surface area contributed by atoms with Crippen LogP contribution in [0.1, 0.15) is 31.9 Å². The molecule has 6 aromatic rings. The van der Waals surface area contributed by atoms with Crippen LogP contribution in [0.2, 0.25) is 0 Å². The number of aromatic nitrogens is 6. The summed E-state index contributed by atoms with van der Waals surface area (Å²) in [7, 11) is -32.0. The van der Waals surface area contributed by atoms with Crippen LogP contribution in [0.15, 0.2) is 122 Å². The van der Waals surface area contributed by atoms with E-state index < -0.39 is 23.4 Å². The molecule has 0 N–H and O–H groups in total. The predicted molar refractivity (Wildman–Crippen MR) is 225 cm³/mol. The van der Waals surface area contributed by atoms with Crippen LogP contribution in [-0.4, -0.2) is 29.9 Å². The molecule has 0 saturated carbocycles. The Hall–Kier alpha value is -6.07. The minimum absolute atomic E-state index is 0. The Bertz CT molecular complexity index is 2370. The van der Waals surface area contributed by atoms with E-state index in [1.807, 2.05) is 123 Å². The van der Waals surface area contributed by atoms with Gasteiger partial charge in [-0.15, -0.1) is 0 Å². The molecule has 379 valence electrons. The Balaban J connectivity index is -0.000000807. The molecule has 0 aliphatic carbocycles. The number of hydrogen-bond acceptors (Lipinski definition) is 9. The van der Waals surface area contributed by atoms with Gasteiger partial charge in [-0.25, -0.2) is 9.97 Å². The fraction of sp³-hybridized carbons (Fsp3) is 0.132. The van der Waals surface area contributed by atoms with Crippen LogP contribution in [0.5, 0.6) is 0 Å². The Morgan fingerprint density at radius 1 is 0.333 bits per heavy atom. The number of aryl methyl sites for hydroxylation is 2. The molecular weight excluding hydrogens is 1070 g/mol. The molecule has 0 aliphatic rings. The van der Waals surface area contributed by atoms with E-state index in [9.17, 15) is 75.5 Å². The van der Waals surface area contributed by atoms with Crippen molar-refractivity contribution in [2.75, 3.05) is 0 Å². The summed E-state index contributed by atoms with van der Waals surface area (Å²) in [5.41, 5.74) is 9.24. The van der Waals surface area contributed by atoms with Gasteiger partial charge >= 0.3 is 116 Å². The molecule has 0 aromatic carbocycles. The molecule has 0 fully saturated rings. The second-order valence-corrected chi connectivity index (χ2v) is 18.0. The van der Waals surface area contributed by atoms with Gasteiger partial charge in [0.05, 0.1) is 63.8 Å². The van der Waals surface area contributed by atoms with E-state index in [4.69, 9.17) is 15.8 Å². The summed E-state index contributed by atoms with van der Waals surface area (Å²) in [5, 5.41) is 22.0. The molecule has 6 aromatic heterocycles. The summed E-state index contributed by atoms with van der Waals surface area (Å²) in [5.74, 6) is 0. The van der Waals surface area contributed by atoms with Crippen molar-refractivity contribution in [3.63, 3.8) is 0 Å². The van der Waals surface area contributed by atoms with E-state index in [-0.39, 0.29) is 17.4 Å². The number of nitriles is 3. The minimum atomic E-state index is -10.7. The van der Waals surface area contributed by atoms with Gasteiger partial charge in [-0.3, -0.25) is 19.9 Å². The third-order valence-electron chi connectivity index (χ3n) is 5.70. The van der Waals surface area contributed by atoms with Gasteiger partial charge in [0.25, 0.3) is 0 Å². The van der Waals surface area contributed by atoms with Crippen LogP contribution < -0.4 is 0 Å². The quantitative estimate of drug-likeness (QED) is 0.124. The van der Waals surface area contributed by atoms with Gasteiger partial charge in [0.15, 0.2) is 0 Å². The van der Waals surface area contributed by atoms with Gasteiger partial charge in [-0.05, 0) is 85.6 Å². The largest absolute Gasteiger partial charge is 3.00 e. The molecular formula is C38H35CrF18N9P3. The molecule has 1 radical (unpaired) electrons. The fourth-order valence-corrected chi connectivity index (χ4v) is 3.71. The van der Waals surface area contributed by atoms with Gasteiger partial charge in [-0.2, -0.15) is 15.8 Å². The third kappa shape index (κ3) is 51.2. The molecule has 0 aliphatic heterocycles. The second-order valence-electron chi connectivity index (χ2n) is 12.2. The van der Waals surface area contributed by atoms with Gasteiger partial charge in [-0.1, -0.05) is 36.4 Å². The summed E-state index contributed by atoms with van der Waals surface area (Å²) >= 11 is 0. The van der Waals surface area contributed by atoms with Crippen LogP contribution in [-0.2, 0) is 17.4 Å². The van der Waals surface area contributed by atoms with Crippen LogP contribution in [0, 0.1) is 47.8 Å². The zero-order valence-electron chi connectivity index (χ0n) is 35.6. The smallest absolute Gasteiger partial charge is 0.255 e. The molecule has 6 heterocycles. The van der Waals surface area contributed by atoms with E-state index in [2.05, 4.69) is 29.9 Å². The van der Waals surface area contributed by atoms with Crippen molar-refractivity contribution >= 4 is 23.4 Å². The van der Waals surface area contributed by atoms with Crippen molar-refractivity contribution in [3.8, 4) is 63.8 Å². The van der Waals surface area contributed by atoms with E-state index in [1.54, 1.807) is 30.6 Å². The Morgan fingerprint density at radius 2 is 0.536 bits per heavy atom. The molecule has 31 heteroatoms. The van der Waals surface area contributed by atoms with Crippen molar-refractivity contribution < 1.29 is 92.9 Å². The van der Waals surface area contributed by atoms with Crippen LogP contribution in [0.3, 0.4) is 0 Å². The van der Waals surface area contributed by atoms with Crippen LogP contribution in [0.25, 0.3) is 45.6 Å².